The summed E-state index contributed by atoms with van der Waals surface area (Å²) in [4.78, 5) is 16.5. The number of nitrogens with zero attached hydrogens (tertiary/aromatic N) is 2. The van der Waals surface area contributed by atoms with Crippen molar-refractivity contribution in [3.05, 3.63) is 66.3 Å². The van der Waals surface area contributed by atoms with E-state index < -0.39 is 10.0 Å². The third-order valence-corrected chi connectivity index (χ3v) is 6.58. The number of sulfonamides is 1. The summed E-state index contributed by atoms with van der Waals surface area (Å²) >= 11 is 1.19. The van der Waals surface area contributed by atoms with Crippen molar-refractivity contribution in [2.75, 3.05) is 17.1 Å². The van der Waals surface area contributed by atoms with Gasteiger partial charge in [-0.05, 0) is 42.5 Å². The lowest BCUT2D eigenvalue weighted by molar-refractivity contribution is -0.116. The zero-order chi connectivity index (χ0) is 21.1. The molecule has 0 aliphatic carbocycles. The van der Waals surface area contributed by atoms with E-state index >= 15 is 0 Å². The van der Waals surface area contributed by atoms with E-state index in [0.29, 0.717) is 10.8 Å². The van der Waals surface area contributed by atoms with Crippen LogP contribution in [0.25, 0.3) is 10.9 Å². The van der Waals surface area contributed by atoms with Crippen LogP contribution in [0.15, 0.2) is 71.2 Å². The van der Waals surface area contributed by atoms with Gasteiger partial charge in [-0.15, -0.1) is 11.3 Å². The van der Waals surface area contributed by atoms with Gasteiger partial charge in [0.2, 0.25) is 5.91 Å². The number of benzene rings is 2. The maximum atomic E-state index is 12.5. The Hall–Kier alpha value is -3.37. The van der Waals surface area contributed by atoms with Crippen LogP contribution in [0.5, 0.6) is 5.75 Å². The number of fused-ring (bicyclic) bond motifs is 1. The van der Waals surface area contributed by atoms with E-state index in [-0.39, 0.29) is 17.3 Å². The molecule has 0 saturated carbocycles. The van der Waals surface area contributed by atoms with Gasteiger partial charge in [-0.2, -0.15) is 0 Å². The van der Waals surface area contributed by atoms with E-state index in [1.165, 1.54) is 29.7 Å². The monoisotopic (exact) mass is 442 g/mol. The van der Waals surface area contributed by atoms with Crippen LogP contribution < -0.4 is 14.8 Å². The standard InChI is InChI=1S/C20H18N4O4S2/c1-28-18-4-2-3-17-16(18)9-11-24(17)13-19(25)22-14-5-7-15(8-6-14)30(26,27)23-20-21-10-12-29-20/h2-12H,13H2,1H3,(H,21,23)(H,22,25). The molecule has 0 aliphatic rings. The minimum absolute atomic E-state index is 0.0826. The van der Waals surface area contributed by atoms with Crippen LogP contribution in [0.3, 0.4) is 0 Å². The first kappa shape index (κ1) is 19.9. The topological polar surface area (TPSA) is 102 Å². The van der Waals surface area contributed by atoms with Crippen molar-refractivity contribution >= 4 is 49.0 Å². The van der Waals surface area contributed by atoms with Gasteiger partial charge >= 0.3 is 0 Å². The van der Waals surface area contributed by atoms with Crippen LogP contribution >= 0.6 is 11.3 Å². The second-order valence-corrected chi connectivity index (χ2v) is 8.93. The fourth-order valence-electron chi connectivity index (χ4n) is 3.03. The third-order valence-electron chi connectivity index (χ3n) is 4.41. The zero-order valence-corrected chi connectivity index (χ0v) is 17.5. The lowest BCUT2D eigenvalue weighted by Gasteiger charge is -2.09. The van der Waals surface area contributed by atoms with E-state index in [9.17, 15) is 13.2 Å². The Labute approximate surface area is 177 Å². The number of anilines is 2. The first-order valence-electron chi connectivity index (χ1n) is 8.90. The molecule has 4 rings (SSSR count). The molecule has 0 aliphatic heterocycles. The maximum Gasteiger partial charge on any atom is 0.263 e. The van der Waals surface area contributed by atoms with Crippen LogP contribution in [-0.2, 0) is 21.4 Å². The Morgan fingerprint density at radius 1 is 1.17 bits per heavy atom. The number of amides is 1. The molecule has 30 heavy (non-hydrogen) atoms. The summed E-state index contributed by atoms with van der Waals surface area (Å²) in [5.41, 5.74) is 1.39. The largest absolute Gasteiger partial charge is 0.496 e. The molecule has 0 saturated heterocycles. The van der Waals surface area contributed by atoms with Crippen molar-refractivity contribution in [3.63, 3.8) is 0 Å². The van der Waals surface area contributed by atoms with E-state index in [1.807, 2.05) is 35.0 Å². The number of methoxy groups -OCH3 is 1. The second kappa shape index (κ2) is 8.17. The molecule has 0 atom stereocenters. The summed E-state index contributed by atoms with van der Waals surface area (Å²) in [6, 6.07) is 13.5. The average Bonchev–Trinajstić information content (AvgIpc) is 3.38. The zero-order valence-electron chi connectivity index (χ0n) is 15.9. The summed E-state index contributed by atoms with van der Waals surface area (Å²) in [6.45, 7) is 0.113. The molecule has 154 valence electrons. The molecule has 1 amide bonds. The highest BCUT2D eigenvalue weighted by atomic mass is 32.2. The normalized spacial score (nSPS) is 11.4. The number of hydrogen-bond acceptors (Lipinski definition) is 6. The Morgan fingerprint density at radius 3 is 2.67 bits per heavy atom. The second-order valence-electron chi connectivity index (χ2n) is 6.35. The lowest BCUT2D eigenvalue weighted by atomic mass is 10.2. The van der Waals surface area contributed by atoms with Gasteiger partial charge in [-0.3, -0.25) is 9.52 Å². The molecule has 2 aromatic carbocycles. The quantitative estimate of drug-likeness (QED) is 0.456. The van der Waals surface area contributed by atoms with Crippen molar-refractivity contribution in [1.29, 1.82) is 0 Å². The highest BCUT2D eigenvalue weighted by Gasteiger charge is 2.16. The average molecular weight is 443 g/mol. The van der Waals surface area contributed by atoms with E-state index in [2.05, 4.69) is 15.0 Å². The Balaban J connectivity index is 1.44. The SMILES string of the molecule is COc1cccc2c1ccn2CC(=O)Nc1ccc(S(=O)(=O)Nc2nccs2)cc1. The number of rotatable bonds is 7. The number of carbonyl (C=O) groups excluding carboxylic acids is 1. The van der Waals surface area contributed by atoms with Crippen molar-refractivity contribution in [3.8, 4) is 5.75 Å². The Bertz CT molecular complexity index is 1280. The van der Waals surface area contributed by atoms with Crippen LogP contribution in [0, 0.1) is 0 Å². The summed E-state index contributed by atoms with van der Waals surface area (Å²) < 4.78 is 34.3. The van der Waals surface area contributed by atoms with Gasteiger partial charge < -0.3 is 14.6 Å². The van der Waals surface area contributed by atoms with E-state index in [1.54, 1.807) is 24.6 Å². The van der Waals surface area contributed by atoms with Gasteiger partial charge in [0.15, 0.2) is 5.13 Å². The molecule has 8 nitrogen and oxygen atoms in total. The molecule has 0 spiro atoms. The molecule has 0 fully saturated rings. The number of ether oxygens (including phenoxy) is 1. The van der Waals surface area contributed by atoms with Gasteiger partial charge in [0, 0.05) is 28.8 Å². The smallest absolute Gasteiger partial charge is 0.263 e. The van der Waals surface area contributed by atoms with E-state index in [4.69, 9.17) is 4.74 Å². The number of aromatic nitrogens is 2. The Kier molecular flexibility index (Phi) is 5.42. The molecular formula is C20H18N4O4S2. The van der Waals surface area contributed by atoms with Crippen LogP contribution in [0.2, 0.25) is 0 Å². The number of nitrogens with one attached hydrogen (secondary N) is 2. The number of thiazole rings is 1. The minimum atomic E-state index is -3.73. The molecule has 2 N–H and O–H groups in total. The first-order chi connectivity index (χ1) is 14.5. The van der Waals surface area contributed by atoms with E-state index in [0.717, 1.165) is 16.7 Å². The van der Waals surface area contributed by atoms with Gasteiger partial charge in [-0.1, -0.05) is 6.07 Å². The van der Waals surface area contributed by atoms with Crippen molar-refractivity contribution < 1.29 is 17.9 Å². The summed E-state index contributed by atoms with van der Waals surface area (Å²) in [7, 11) is -2.12. The summed E-state index contributed by atoms with van der Waals surface area (Å²) in [5, 5.41) is 5.68. The van der Waals surface area contributed by atoms with Crippen LogP contribution in [-0.4, -0.2) is 31.0 Å². The molecule has 2 heterocycles. The predicted molar refractivity (Wildman–Crippen MR) is 116 cm³/mol. The number of carbonyl (C=O) groups is 1. The summed E-state index contributed by atoms with van der Waals surface area (Å²) in [5.74, 6) is 0.515. The van der Waals surface area contributed by atoms with Crippen molar-refractivity contribution in [1.82, 2.24) is 9.55 Å². The predicted octanol–water partition coefficient (Wildman–Crippen LogP) is 3.55. The molecule has 0 bridgehead atoms. The fourth-order valence-corrected chi connectivity index (χ4v) is 4.82. The van der Waals surface area contributed by atoms with Crippen LogP contribution in [0.1, 0.15) is 0 Å². The molecule has 0 radical (unpaired) electrons. The number of hydrogen-bond donors (Lipinski definition) is 2. The molecule has 4 aromatic rings. The fraction of sp³-hybridized carbons (Fsp3) is 0.100. The van der Waals surface area contributed by atoms with Crippen LogP contribution in [0.4, 0.5) is 10.8 Å². The minimum Gasteiger partial charge on any atom is -0.496 e. The lowest BCUT2D eigenvalue weighted by Crippen LogP contribution is -2.18. The van der Waals surface area contributed by atoms with Gasteiger partial charge in [0.05, 0.1) is 17.5 Å². The molecule has 0 unspecified atom stereocenters. The molecule has 10 heteroatoms. The summed E-state index contributed by atoms with van der Waals surface area (Å²) in [6.07, 6.45) is 3.35. The maximum absolute atomic E-state index is 12.5. The van der Waals surface area contributed by atoms with Crippen molar-refractivity contribution in [2.45, 2.75) is 11.4 Å². The Morgan fingerprint density at radius 2 is 1.97 bits per heavy atom. The van der Waals surface area contributed by atoms with Gasteiger partial charge in [0.25, 0.3) is 10.0 Å². The molecular weight excluding hydrogens is 424 g/mol. The highest BCUT2D eigenvalue weighted by Crippen LogP contribution is 2.26. The van der Waals surface area contributed by atoms with Gasteiger partial charge in [0.1, 0.15) is 12.3 Å². The van der Waals surface area contributed by atoms with Crippen molar-refractivity contribution in [2.24, 2.45) is 0 Å². The molecule has 2 aromatic heterocycles. The third kappa shape index (κ3) is 4.14. The first-order valence-corrected chi connectivity index (χ1v) is 11.3. The van der Waals surface area contributed by atoms with Gasteiger partial charge in [-0.25, -0.2) is 13.4 Å². The highest BCUT2D eigenvalue weighted by molar-refractivity contribution is 7.93.